The zero-order chi connectivity index (χ0) is 16.9. The van der Waals surface area contributed by atoms with Crippen LogP contribution in [0, 0.1) is 0 Å². The van der Waals surface area contributed by atoms with Crippen LogP contribution in [0.2, 0.25) is 0 Å². The first-order valence-corrected chi connectivity index (χ1v) is 6.54. The number of hydrogen-bond acceptors (Lipinski definition) is 10. The molecule has 0 bridgehead atoms. The summed E-state index contributed by atoms with van der Waals surface area (Å²) in [4.78, 5) is 33.6. The van der Waals surface area contributed by atoms with Crippen LogP contribution < -0.4 is 22.7 Å². The van der Waals surface area contributed by atoms with E-state index in [1.807, 2.05) is 0 Å². The number of nitrogens with two attached hydrogens (primary N) is 2. The van der Waals surface area contributed by atoms with Gasteiger partial charge in [-0.05, 0) is 0 Å². The Kier molecular flexibility index (Phi) is 3.33. The molecule has 12 nitrogen and oxygen atoms in total. The van der Waals surface area contributed by atoms with Crippen LogP contribution in [-0.4, -0.2) is 53.7 Å². The van der Waals surface area contributed by atoms with Crippen LogP contribution in [0.4, 0.5) is 11.8 Å². The summed E-state index contributed by atoms with van der Waals surface area (Å²) in [7, 11) is 0. The van der Waals surface area contributed by atoms with E-state index >= 15 is 0 Å². The van der Waals surface area contributed by atoms with Gasteiger partial charge >= 0.3 is 5.69 Å². The lowest BCUT2D eigenvalue weighted by atomic mass is 10.1. The van der Waals surface area contributed by atoms with E-state index in [1.54, 1.807) is 0 Å². The van der Waals surface area contributed by atoms with E-state index in [1.165, 1.54) is 0 Å². The van der Waals surface area contributed by atoms with Crippen molar-refractivity contribution in [2.24, 2.45) is 0 Å². The maximum atomic E-state index is 12.2. The first kappa shape index (κ1) is 15.4. The predicted octanol–water partition coefficient (Wildman–Crippen LogP) is -3.61. The number of nitrogens with one attached hydrogen (secondary N) is 1. The van der Waals surface area contributed by atoms with Gasteiger partial charge in [-0.2, -0.15) is 9.97 Å². The van der Waals surface area contributed by atoms with E-state index in [-0.39, 0.29) is 17.0 Å². The number of aromatic nitrogens is 4. The van der Waals surface area contributed by atoms with Gasteiger partial charge in [0.15, 0.2) is 5.65 Å². The molecule has 0 aliphatic carbocycles. The molecule has 8 N–H and O–H groups in total. The quantitative estimate of drug-likeness (QED) is 0.320. The number of fused-ring (bicyclic) bond motifs is 1. The second kappa shape index (κ2) is 4.99. The molecule has 0 unspecified atom stereocenters. The minimum absolute atomic E-state index is 0.266. The van der Waals surface area contributed by atoms with Crippen LogP contribution in [0.1, 0.15) is 6.42 Å². The number of nitrogens with zero attached hydrogens (tertiary/aromatic N) is 3. The Labute approximate surface area is 127 Å². The van der Waals surface area contributed by atoms with E-state index in [2.05, 4.69) is 15.0 Å². The monoisotopic (exact) mass is 326 g/mol. The lowest BCUT2D eigenvalue weighted by molar-refractivity contribution is -0.256. The molecule has 23 heavy (non-hydrogen) atoms. The zero-order valence-electron chi connectivity index (χ0n) is 11.6. The second-order valence-corrected chi connectivity index (χ2v) is 5.12. The molecule has 1 aliphatic heterocycles. The van der Waals surface area contributed by atoms with Crippen LogP contribution >= 0.6 is 0 Å². The highest BCUT2D eigenvalue weighted by molar-refractivity contribution is 5.85. The van der Waals surface area contributed by atoms with Gasteiger partial charge in [-0.15, -0.1) is 0 Å². The van der Waals surface area contributed by atoms with E-state index in [0.717, 1.165) is 0 Å². The molecule has 0 aromatic carbocycles. The normalized spacial score (nSPS) is 27.6. The maximum Gasteiger partial charge on any atom is 0.355 e. The summed E-state index contributed by atoms with van der Waals surface area (Å²) < 4.78 is 5.72. The minimum atomic E-state index is -2.36. The molecule has 3 atom stereocenters. The van der Waals surface area contributed by atoms with Crippen LogP contribution in [0.15, 0.2) is 9.59 Å². The average Bonchev–Trinajstić information content (AvgIpc) is 2.72. The topological polar surface area (TPSA) is 203 Å². The molecule has 1 saturated heterocycles. The van der Waals surface area contributed by atoms with Crippen molar-refractivity contribution in [2.75, 3.05) is 18.1 Å². The Bertz CT molecular complexity index is 893. The lowest BCUT2D eigenvalue weighted by Gasteiger charge is -2.25. The third kappa shape index (κ3) is 2.24. The van der Waals surface area contributed by atoms with Gasteiger partial charge in [-0.3, -0.25) is 9.78 Å². The minimum Gasteiger partial charge on any atom is -0.394 e. The molecule has 12 heteroatoms. The molecule has 2 aromatic heterocycles. The highest BCUT2D eigenvalue weighted by atomic mass is 16.7. The van der Waals surface area contributed by atoms with Gasteiger partial charge in [-0.25, -0.2) is 9.36 Å². The predicted molar refractivity (Wildman–Crippen MR) is 76.0 cm³/mol. The lowest BCUT2D eigenvalue weighted by Crippen LogP contribution is -2.44. The molecule has 0 radical (unpaired) electrons. The Morgan fingerprint density at radius 1 is 1.39 bits per heavy atom. The second-order valence-electron chi connectivity index (χ2n) is 5.12. The molecular weight excluding hydrogens is 312 g/mol. The van der Waals surface area contributed by atoms with Crippen molar-refractivity contribution in [2.45, 2.75) is 24.5 Å². The summed E-state index contributed by atoms with van der Waals surface area (Å²) >= 11 is 0. The number of aromatic amines is 1. The molecule has 0 spiro atoms. The van der Waals surface area contributed by atoms with Gasteiger partial charge in [-0.1, -0.05) is 0 Å². The van der Waals surface area contributed by atoms with Gasteiger partial charge in [0, 0.05) is 0 Å². The third-order valence-electron chi connectivity index (χ3n) is 3.57. The average molecular weight is 326 g/mol. The van der Waals surface area contributed by atoms with Crippen molar-refractivity contribution in [3.8, 4) is 0 Å². The number of rotatable bonds is 2. The van der Waals surface area contributed by atoms with Crippen molar-refractivity contribution < 1.29 is 20.1 Å². The third-order valence-corrected chi connectivity index (χ3v) is 3.57. The Balaban J connectivity index is 2.34. The Hall–Kier alpha value is -2.54. The fourth-order valence-corrected chi connectivity index (χ4v) is 2.56. The van der Waals surface area contributed by atoms with Crippen LogP contribution in [0.3, 0.4) is 0 Å². The van der Waals surface area contributed by atoms with Crippen molar-refractivity contribution in [1.29, 1.82) is 0 Å². The van der Waals surface area contributed by atoms with Gasteiger partial charge in [0.1, 0.15) is 17.3 Å². The van der Waals surface area contributed by atoms with Crippen LogP contribution in [0.5, 0.6) is 0 Å². The molecular formula is C11H14N6O6. The summed E-state index contributed by atoms with van der Waals surface area (Å²) in [6.07, 6.45) is -2.82. The molecule has 124 valence electrons. The number of anilines is 2. The molecule has 3 heterocycles. The standard InChI is InChI=1S/C11H14N6O6/c12-6-5-7(15-9(13)16-8(5)20)17(10(21)14-6)11(22)1-3(19)4(2-18)23-11/h3-4,18-19,22H,1-2H2,(H2,12,14,21)(H3,13,15,16,20)/t3-,4+,11-/m0/s1. The summed E-state index contributed by atoms with van der Waals surface area (Å²) in [6, 6.07) is 0. The van der Waals surface area contributed by atoms with Gasteiger partial charge in [0.25, 0.3) is 11.5 Å². The number of nitrogen functional groups attached to an aromatic ring is 2. The zero-order valence-corrected chi connectivity index (χ0v) is 11.6. The first-order valence-electron chi connectivity index (χ1n) is 6.54. The number of aliphatic hydroxyl groups excluding tert-OH is 2. The Morgan fingerprint density at radius 3 is 2.70 bits per heavy atom. The fraction of sp³-hybridized carbons (Fsp3) is 0.455. The van der Waals surface area contributed by atoms with Gasteiger partial charge in [0.2, 0.25) is 5.95 Å². The number of H-pyrrole nitrogens is 1. The van der Waals surface area contributed by atoms with E-state index in [9.17, 15) is 19.8 Å². The molecule has 0 amide bonds. The highest BCUT2D eigenvalue weighted by Gasteiger charge is 2.48. The summed E-state index contributed by atoms with van der Waals surface area (Å²) in [5, 5.41) is 29.2. The number of hydrogen-bond donors (Lipinski definition) is 6. The van der Waals surface area contributed by atoms with E-state index in [4.69, 9.17) is 21.3 Å². The van der Waals surface area contributed by atoms with E-state index < -0.39 is 48.2 Å². The van der Waals surface area contributed by atoms with Crippen LogP contribution in [0.25, 0.3) is 11.0 Å². The van der Waals surface area contributed by atoms with Crippen molar-refractivity contribution in [1.82, 2.24) is 19.5 Å². The molecule has 1 fully saturated rings. The van der Waals surface area contributed by atoms with Crippen molar-refractivity contribution in [3.63, 3.8) is 0 Å². The summed E-state index contributed by atoms with van der Waals surface area (Å²) in [5.74, 6) is -3.08. The maximum absolute atomic E-state index is 12.2. The highest BCUT2D eigenvalue weighted by Crippen LogP contribution is 2.33. The SMILES string of the molecule is Nc1nc2c(c(N)nc(=O)n2[C@]2(O)C[C@H](O)[C@@H](CO)O2)c(=O)[nH]1. The van der Waals surface area contributed by atoms with E-state index in [0.29, 0.717) is 4.57 Å². The number of aliphatic hydroxyl groups is 3. The van der Waals surface area contributed by atoms with Crippen LogP contribution in [-0.2, 0) is 10.6 Å². The summed E-state index contributed by atoms with van der Waals surface area (Å²) in [5.41, 5.74) is 8.86. The first-order chi connectivity index (χ1) is 10.8. The Morgan fingerprint density at radius 2 is 2.09 bits per heavy atom. The molecule has 2 aromatic rings. The molecule has 0 saturated carbocycles. The van der Waals surface area contributed by atoms with Gasteiger partial charge < -0.3 is 31.5 Å². The van der Waals surface area contributed by atoms with Crippen molar-refractivity contribution >= 4 is 22.8 Å². The number of ether oxygens (including phenoxy) is 1. The van der Waals surface area contributed by atoms with Crippen molar-refractivity contribution in [3.05, 3.63) is 20.8 Å². The largest absolute Gasteiger partial charge is 0.394 e. The smallest absolute Gasteiger partial charge is 0.355 e. The van der Waals surface area contributed by atoms with Gasteiger partial charge in [0.05, 0.1) is 19.1 Å². The fourth-order valence-electron chi connectivity index (χ4n) is 2.56. The summed E-state index contributed by atoms with van der Waals surface area (Å²) in [6.45, 7) is -0.589. The molecule has 1 aliphatic rings. The molecule has 3 rings (SSSR count).